The Balaban J connectivity index is 1.54. The molecule has 130 valence electrons. The fourth-order valence-corrected chi connectivity index (χ4v) is 3.40. The molecule has 24 heavy (non-hydrogen) atoms. The second-order valence-corrected chi connectivity index (χ2v) is 6.70. The third-order valence-corrected chi connectivity index (χ3v) is 4.91. The lowest BCUT2D eigenvalue weighted by molar-refractivity contribution is -0.117. The second kappa shape index (κ2) is 7.79. The summed E-state index contributed by atoms with van der Waals surface area (Å²) in [5, 5.41) is 0. The Labute approximate surface area is 143 Å². The predicted octanol–water partition coefficient (Wildman–Crippen LogP) is 2.84. The van der Waals surface area contributed by atoms with Gasteiger partial charge in [-0.25, -0.2) is 0 Å². The first-order valence-corrected chi connectivity index (χ1v) is 8.92. The minimum atomic E-state index is 0.0186. The van der Waals surface area contributed by atoms with Crippen LogP contribution in [0.5, 0.6) is 0 Å². The molecule has 2 fully saturated rings. The van der Waals surface area contributed by atoms with Crippen molar-refractivity contribution in [3.63, 3.8) is 0 Å². The first-order chi connectivity index (χ1) is 11.6. The van der Waals surface area contributed by atoms with Gasteiger partial charge < -0.3 is 14.5 Å². The van der Waals surface area contributed by atoms with Crippen molar-refractivity contribution in [2.24, 2.45) is 0 Å². The molecule has 1 aromatic rings. The number of rotatable bonds is 5. The largest absolute Gasteiger partial charge is 0.378 e. The molecule has 1 aromatic carbocycles. The Morgan fingerprint density at radius 1 is 1.25 bits per heavy atom. The molecule has 0 spiro atoms. The lowest BCUT2D eigenvalue weighted by Gasteiger charge is -2.25. The summed E-state index contributed by atoms with van der Waals surface area (Å²) >= 11 is 0. The van der Waals surface area contributed by atoms with Crippen LogP contribution in [0.15, 0.2) is 24.3 Å². The number of amides is 2. The maximum Gasteiger partial charge on any atom is 0.253 e. The number of ether oxygens (including phenoxy) is 1. The monoisotopic (exact) mass is 330 g/mol. The van der Waals surface area contributed by atoms with Crippen LogP contribution >= 0.6 is 0 Å². The molecule has 0 N–H and O–H groups in total. The van der Waals surface area contributed by atoms with Crippen molar-refractivity contribution < 1.29 is 14.3 Å². The van der Waals surface area contributed by atoms with Crippen molar-refractivity contribution in [1.82, 2.24) is 4.90 Å². The van der Waals surface area contributed by atoms with Gasteiger partial charge in [0.15, 0.2) is 0 Å². The van der Waals surface area contributed by atoms with Crippen LogP contribution < -0.4 is 4.90 Å². The Morgan fingerprint density at radius 2 is 2.04 bits per heavy atom. The van der Waals surface area contributed by atoms with Gasteiger partial charge in [0.1, 0.15) is 0 Å². The van der Waals surface area contributed by atoms with E-state index in [1.807, 2.05) is 31.3 Å². The van der Waals surface area contributed by atoms with E-state index in [4.69, 9.17) is 4.74 Å². The third-order valence-electron chi connectivity index (χ3n) is 4.91. The summed E-state index contributed by atoms with van der Waals surface area (Å²) in [5.74, 6) is 0.184. The van der Waals surface area contributed by atoms with Gasteiger partial charge in [-0.1, -0.05) is 0 Å². The van der Waals surface area contributed by atoms with E-state index in [-0.39, 0.29) is 17.9 Å². The Hall–Kier alpha value is -1.88. The van der Waals surface area contributed by atoms with Gasteiger partial charge in [-0.15, -0.1) is 0 Å². The lowest BCUT2D eigenvalue weighted by atomic mass is 10.1. The number of carbonyl (C=O) groups is 2. The first-order valence-electron chi connectivity index (χ1n) is 8.92. The van der Waals surface area contributed by atoms with E-state index < -0.39 is 0 Å². The molecule has 3 rings (SSSR count). The summed E-state index contributed by atoms with van der Waals surface area (Å²) in [7, 11) is 1.84. The van der Waals surface area contributed by atoms with Crippen LogP contribution in [0.25, 0.3) is 0 Å². The predicted molar refractivity (Wildman–Crippen MR) is 93.2 cm³/mol. The Kier molecular flexibility index (Phi) is 5.51. The molecular weight excluding hydrogens is 304 g/mol. The van der Waals surface area contributed by atoms with Crippen LogP contribution in [0, 0.1) is 0 Å². The van der Waals surface area contributed by atoms with Crippen LogP contribution in [-0.4, -0.2) is 49.6 Å². The van der Waals surface area contributed by atoms with Gasteiger partial charge in [-0.2, -0.15) is 0 Å². The van der Waals surface area contributed by atoms with Gasteiger partial charge in [0.25, 0.3) is 5.91 Å². The summed E-state index contributed by atoms with van der Waals surface area (Å²) in [6, 6.07) is 7.37. The van der Waals surface area contributed by atoms with Crippen molar-refractivity contribution in [1.29, 1.82) is 0 Å². The summed E-state index contributed by atoms with van der Waals surface area (Å²) < 4.78 is 5.72. The Morgan fingerprint density at radius 3 is 2.67 bits per heavy atom. The van der Waals surface area contributed by atoms with Crippen LogP contribution in [0.4, 0.5) is 5.69 Å². The molecule has 2 saturated heterocycles. The van der Waals surface area contributed by atoms with E-state index >= 15 is 0 Å². The van der Waals surface area contributed by atoms with Gasteiger partial charge in [-0.3, -0.25) is 9.59 Å². The first kappa shape index (κ1) is 17.0. The van der Waals surface area contributed by atoms with Crippen LogP contribution in [0.1, 0.15) is 48.9 Å². The Bertz CT molecular complexity index is 579. The topological polar surface area (TPSA) is 49.9 Å². The molecule has 1 atom stereocenters. The number of benzene rings is 1. The van der Waals surface area contributed by atoms with Gasteiger partial charge in [0.2, 0.25) is 5.91 Å². The van der Waals surface area contributed by atoms with Crippen molar-refractivity contribution >= 4 is 17.5 Å². The molecule has 0 aliphatic carbocycles. The van der Waals surface area contributed by atoms with Gasteiger partial charge in [-0.05, 0) is 56.4 Å². The normalized spacial score (nSPS) is 21.1. The molecule has 0 aromatic heterocycles. The SMILES string of the molecule is CN(CCC1CCCCO1)C(=O)c1ccc(N2CCCC2=O)cc1. The average Bonchev–Trinajstić information content (AvgIpc) is 3.06. The molecule has 5 heteroatoms. The molecule has 2 amide bonds. The van der Waals surface area contributed by atoms with Crippen molar-refractivity contribution in [3.8, 4) is 0 Å². The lowest BCUT2D eigenvalue weighted by Crippen LogP contribution is -2.31. The van der Waals surface area contributed by atoms with Gasteiger partial charge >= 0.3 is 0 Å². The highest BCUT2D eigenvalue weighted by atomic mass is 16.5. The molecule has 0 radical (unpaired) electrons. The van der Waals surface area contributed by atoms with E-state index in [2.05, 4.69) is 0 Å². The molecule has 5 nitrogen and oxygen atoms in total. The smallest absolute Gasteiger partial charge is 0.253 e. The average molecular weight is 330 g/mol. The molecule has 1 unspecified atom stereocenters. The van der Waals surface area contributed by atoms with E-state index in [1.165, 1.54) is 6.42 Å². The zero-order chi connectivity index (χ0) is 16.9. The number of hydrogen-bond acceptors (Lipinski definition) is 3. The quantitative estimate of drug-likeness (QED) is 0.834. The van der Waals surface area contributed by atoms with Crippen LogP contribution in [0.3, 0.4) is 0 Å². The minimum absolute atomic E-state index is 0.0186. The standard InChI is InChI=1S/C19H26N2O3/c1-20(13-11-17-5-2-3-14-24-17)19(23)15-7-9-16(10-8-15)21-12-4-6-18(21)22/h7-10,17H,2-6,11-14H2,1H3. The van der Waals surface area contributed by atoms with E-state index in [0.29, 0.717) is 18.5 Å². The zero-order valence-electron chi connectivity index (χ0n) is 14.4. The third kappa shape index (κ3) is 3.96. The highest BCUT2D eigenvalue weighted by Crippen LogP contribution is 2.22. The van der Waals surface area contributed by atoms with Crippen LogP contribution in [0.2, 0.25) is 0 Å². The minimum Gasteiger partial charge on any atom is -0.378 e. The summed E-state index contributed by atoms with van der Waals surface area (Å²) in [4.78, 5) is 27.8. The van der Waals surface area contributed by atoms with E-state index in [1.54, 1.807) is 9.80 Å². The maximum absolute atomic E-state index is 12.5. The highest BCUT2D eigenvalue weighted by molar-refractivity contribution is 5.97. The summed E-state index contributed by atoms with van der Waals surface area (Å²) in [5.41, 5.74) is 1.55. The highest BCUT2D eigenvalue weighted by Gasteiger charge is 2.22. The number of hydrogen-bond donors (Lipinski definition) is 0. The number of carbonyl (C=O) groups excluding carboxylic acids is 2. The molecule has 2 aliphatic rings. The molecule has 0 bridgehead atoms. The summed E-state index contributed by atoms with van der Waals surface area (Å²) in [6.45, 7) is 2.32. The van der Waals surface area contributed by atoms with E-state index in [0.717, 1.165) is 44.5 Å². The van der Waals surface area contributed by atoms with Crippen molar-refractivity contribution in [2.75, 3.05) is 31.6 Å². The van der Waals surface area contributed by atoms with E-state index in [9.17, 15) is 9.59 Å². The fraction of sp³-hybridized carbons (Fsp3) is 0.579. The van der Waals surface area contributed by atoms with Crippen molar-refractivity contribution in [3.05, 3.63) is 29.8 Å². The van der Waals surface area contributed by atoms with Crippen LogP contribution in [-0.2, 0) is 9.53 Å². The number of anilines is 1. The van der Waals surface area contributed by atoms with Crippen molar-refractivity contribution in [2.45, 2.75) is 44.6 Å². The van der Waals surface area contributed by atoms with Gasteiger partial charge in [0.05, 0.1) is 6.10 Å². The van der Waals surface area contributed by atoms with Gasteiger partial charge in [0, 0.05) is 44.4 Å². The maximum atomic E-state index is 12.5. The molecule has 2 heterocycles. The summed E-state index contributed by atoms with van der Waals surface area (Å²) in [6.07, 6.45) is 6.18. The second-order valence-electron chi connectivity index (χ2n) is 6.70. The molecule has 0 saturated carbocycles. The molecule has 2 aliphatic heterocycles. The molecular formula is C19H26N2O3. The zero-order valence-corrected chi connectivity index (χ0v) is 14.4. The fourth-order valence-electron chi connectivity index (χ4n) is 3.40. The number of nitrogens with zero attached hydrogens (tertiary/aromatic N) is 2.